The van der Waals surface area contributed by atoms with E-state index in [0.29, 0.717) is 5.88 Å². The van der Waals surface area contributed by atoms with Crippen LogP contribution in [0.3, 0.4) is 0 Å². The van der Waals surface area contributed by atoms with Gasteiger partial charge in [-0.2, -0.15) is 0 Å². The molecule has 0 unspecified atom stereocenters. The van der Waals surface area contributed by atoms with E-state index in [1.807, 2.05) is 30.2 Å². The molecule has 2 heterocycles. The van der Waals surface area contributed by atoms with E-state index in [2.05, 4.69) is 14.9 Å². The summed E-state index contributed by atoms with van der Waals surface area (Å²) in [7, 11) is 2.02. The number of alkyl halides is 1. The molecule has 16 heavy (non-hydrogen) atoms. The molecule has 0 bridgehead atoms. The van der Waals surface area contributed by atoms with Crippen LogP contribution < -0.4 is 4.90 Å². The van der Waals surface area contributed by atoms with Crippen molar-refractivity contribution in [2.45, 2.75) is 12.4 Å². The molecule has 0 aliphatic carbocycles. The first-order valence-electron chi connectivity index (χ1n) is 4.88. The molecule has 84 valence electrons. The Morgan fingerprint density at radius 1 is 1.50 bits per heavy atom. The monoisotopic (exact) mass is 253 g/mol. The lowest BCUT2D eigenvalue weighted by Crippen LogP contribution is -2.18. The van der Waals surface area contributed by atoms with Gasteiger partial charge in [0.15, 0.2) is 0 Å². The Balaban J connectivity index is 2.17. The van der Waals surface area contributed by atoms with Crippen molar-refractivity contribution < 1.29 is 0 Å². The standard InChI is InChI=1S/C11H12ClN3S/c1-15(6-10-7-16-8-14-10)11-5-13-3-2-9(11)4-12/h2-3,5,7-8H,4,6H2,1H3. The lowest BCUT2D eigenvalue weighted by atomic mass is 10.2. The molecule has 0 aliphatic heterocycles. The second-order valence-electron chi connectivity index (χ2n) is 3.47. The third-order valence-corrected chi connectivity index (χ3v) is 3.25. The fourth-order valence-electron chi connectivity index (χ4n) is 1.52. The van der Waals surface area contributed by atoms with E-state index >= 15 is 0 Å². The third-order valence-electron chi connectivity index (χ3n) is 2.33. The highest BCUT2D eigenvalue weighted by atomic mass is 35.5. The molecule has 0 radical (unpaired) electrons. The fraction of sp³-hybridized carbons (Fsp3) is 0.273. The van der Waals surface area contributed by atoms with Gasteiger partial charge in [-0.05, 0) is 11.6 Å². The van der Waals surface area contributed by atoms with Crippen molar-refractivity contribution in [2.24, 2.45) is 0 Å². The molecular formula is C11H12ClN3S. The zero-order chi connectivity index (χ0) is 11.4. The van der Waals surface area contributed by atoms with Crippen molar-refractivity contribution in [3.8, 4) is 0 Å². The quantitative estimate of drug-likeness (QED) is 0.785. The van der Waals surface area contributed by atoms with Gasteiger partial charge in [0.1, 0.15) is 0 Å². The molecule has 5 heteroatoms. The smallest absolute Gasteiger partial charge is 0.0795 e. The summed E-state index contributed by atoms with van der Waals surface area (Å²) in [4.78, 5) is 10.5. The van der Waals surface area contributed by atoms with Crippen molar-refractivity contribution >= 4 is 28.6 Å². The van der Waals surface area contributed by atoms with E-state index in [9.17, 15) is 0 Å². The first-order valence-corrected chi connectivity index (χ1v) is 6.36. The van der Waals surface area contributed by atoms with Crippen LogP contribution in [0.1, 0.15) is 11.3 Å². The maximum Gasteiger partial charge on any atom is 0.0795 e. The minimum Gasteiger partial charge on any atom is -0.367 e. The van der Waals surface area contributed by atoms with Gasteiger partial charge in [-0.25, -0.2) is 4.98 Å². The summed E-state index contributed by atoms with van der Waals surface area (Å²) < 4.78 is 0. The Hall–Kier alpha value is -1.13. The van der Waals surface area contributed by atoms with Gasteiger partial charge in [0.2, 0.25) is 0 Å². The van der Waals surface area contributed by atoms with E-state index < -0.39 is 0 Å². The summed E-state index contributed by atoms with van der Waals surface area (Å²) in [5.41, 5.74) is 5.06. The van der Waals surface area contributed by atoms with E-state index in [4.69, 9.17) is 11.6 Å². The molecule has 0 aromatic carbocycles. The van der Waals surface area contributed by atoms with Crippen molar-refractivity contribution in [3.05, 3.63) is 40.6 Å². The number of aromatic nitrogens is 2. The highest BCUT2D eigenvalue weighted by molar-refractivity contribution is 7.07. The number of halogens is 1. The number of hydrogen-bond acceptors (Lipinski definition) is 4. The summed E-state index contributed by atoms with van der Waals surface area (Å²) in [6.07, 6.45) is 3.60. The predicted molar refractivity (Wildman–Crippen MR) is 68.0 cm³/mol. The van der Waals surface area contributed by atoms with Crippen LogP contribution in [-0.4, -0.2) is 17.0 Å². The van der Waals surface area contributed by atoms with Crippen molar-refractivity contribution in [1.29, 1.82) is 0 Å². The number of hydrogen-bond donors (Lipinski definition) is 0. The van der Waals surface area contributed by atoms with Crippen molar-refractivity contribution in [1.82, 2.24) is 9.97 Å². The summed E-state index contributed by atoms with van der Waals surface area (Å²) in [6, 6.07) is 1.94. The molecule has 0 atom stereocenters. The van der Waals surface area contributed by atoms with E-state index in [0.717, 1.165) is 23.5 Å². The summed E-state index contributed by atoms with van der Waals surface area (Å²) >= 11 is 7.50. The Morgan fingerprint density at radius 3 is 3.06 bits per heavy atom. The topological polar surface area (TPSA) is 29.0 Å². The molecular weight excluding hydrogens is 242 g/mol. The van der Waals surface area contributed by atoms with Crippen LogP contribution in [0.5, 0.6) is 0 Å². The average molecular weight is 254 g/mol. The van der Waals surface area contributed by atoms with E-state index in [1.165, 1.54) is 0 Å². The summed E-state index contributed by atoms with van der Waals surface area (Å²) in [5, 5.41) is 2.05. The van der Waals surface area contributed by atoms with Gasteiger partial charge in [0, 0.05) is 24.5 Å². The zero-order valence-corrected chi connectivity index (χ0v) is 10.5. The van der Waals surface area contributed by atoms with Crippen LogP contribution in [-0.2, 0) is 12.4 Å². The van der Waals surface area contributed by atoms with Gasteiger partial charge in [0.25, 0.3) is 0 Å². The van der Waals surface area contributed by atoms with Crippen molar-refractivity contribution in [3.63, 3.8) is 0 Å². The molecule has 0 amide bonds. The van der Waals surface area contributed by atoms with Gasteiger partial charge < -0.3 is 4.90 Å². The summed E-state index contributed by atoms with van der Waals surface area (Å²) in [6.45, 7) is 0.777. The Kier molecular flexibility index (Phi) is 3.74. The second kappa shape index (κ2) is 5.27. The fourth-order valence-corrected chi connectivity index (χ4v) is 2.29. The van der Waals surface area contributed by atoms with Crippen LogP contribution in [0.4, 0.5) is 5.69 Å². The van der Waals surface area contributed by atoms with E-state index in [1.54, 1.807) is 17.5 Å². The lowest BCUT2D eigenvalue weighted by Gasteiger charge is -2.20. The highest BCUT2D eigenvalue weighted by Crippen LogP contribution is 2.21. The van der Waals surface area contributed by atoms with Gasteiger partial charge in [0.05, 0.1) is 29.6 Å². The molecule has 2 aromatic rings. The van der Waals surface area contributed by atoms with Gasteiger partial charge >= 0.3 is 0 Å². The maximum atomic E-state index is 5.89. The highest BCUT2D eigenvalue weighted by Gasteiger charge is 2.08. The third kappa shape index (κ3) is 2.51. The molecule has 0 saturated carbocycles. The van der Waals surface area contributed by atoms with Crippen LogP contribution in [0, 0.1) is 0 Å². The average Bonchev–Trinajstić information content (AvgIpc) is 2.81. The number of anilines is 1. The van der Waals surface area contributed by atoms with Crippen LogP contribution in [0.15, 0.2) is 29.4 Å². The molecule has 0 spiro atoms. The lowest BCUT2D eigenvalue weighted by molar-refractivity contribution is 0.884. The molecule has 0 aliphatic rings. The Labute approximate surface area is 104 Å². The Bertz CT molecular complexity index is 444. The van der Waals surface area contributed by atoms with Crippen LogP contribution >= 0.6 is 22.9 Å². The molecule has 0 fully saturated rings. The molecule has 3 nitrogen and oxygen atoms in total. The van der Waals surface area contributed by atoms with Gasteiger partial charge in [-0.1, -0.05) is 0 Å². The molecule has 0 saturated heterocycles. The summed E-state index contributed by atoms with van der Waals surface area (Å²) in [5.74, 6) is 0.499. The largest absolute Gasteiger partial charge is 0.367 e. The maximum absolute atomic E-state index is 5.89. The van der Waals surface area contributed by atoms with E-state index in [-0.39, 0.29) is 0 Å². The second-order valence-corrected chi connectivity index (χ2v) is 4.46. The molecule has 2 aromatic heterocycles. The van der Waals surface area contributed by atoms with Gasteiger partial charge in [-0.3, -0.25) is 4.98 Å². The molecule has 0 N–H and O–H groups in total. The number of rotatable bonds is 4. The van der Waals surface area contributed by atoms with Gasteiger partial charge in [-0.15, -0.1) is 22.9 Å². The SMILES string of the molecule is CN(Cc1cscn1)c1cnccc1CCl. The van der Waals surface area contributed by atoms with Crippen LogP contribution in [0.2, 0.25) is 0 Å². The Morgan fingerprint density at radius 2 is 2.38 bits per heavy atom. The van der Waals surface area contributed by atoms with Crippen molar-refractivity contribution in [2.75, 3.05) is 11.9 Å². The number of nitrogens with zero attached hydrogens (tertiary/aromatic N) is 3. The minimum atomic E-state index is 0.499. The number of pyridine rings is 1. The first-order chi connectivity index (χ1) is 7.81. The first kappa shape index (κ1) is 11.4. The normalized spacial score (nSPS) is 10.4. The number of thiazole rings is 1. The minimum absolute atomic E-state index is 0.499. The van der Waals surface area contributed by atoms with Crippen LogP contribution in [0.25, 0.3) is 0 Å². The zero-order valence-electron chi connectivity index (χ0n) is 8.93. The molecule has 2 rings (SSSR count). The predicted octanol–water partition coefficient (Wildman–Crippen LogP) is 2.91.